The minimum Gasteiger partial charge on any atom is -0.351 e. The van der Waals surface area contributed by atoms with Crippen LogP contribution in [0.5, 0.6) is 0 Å². The zero-order chi connectivity index (χ0) is 21.9. The number of halogens is 1. The summed E-state index contributed by atoms with van der Waals surface area (Å²) in [6, 6.07) is 11.0. The lowest BCUT2D eigenvalue weighted by Crippen LogP contribution is -2.47. The lowest BCUT2D eigenvalue weighted by Gasteiger charge is -2.20. The van der Waals surface area contributed by atoms with Crippen molar-refractivity contribution in [2.45, 2.75) is 44.7 Å². The van der Waals surface area contributed by atoms with Crippen LogP contribution in [0.25, 0.3) is 10.2 Å². The van der Waals surface area contributed by atoms with Crippen LogP contribution in [0.3, 0.4) is 0 Å². The highest BCUT2D eigenvalue weighted by molar-refractivity contribution is 7.89. The summed E-state index contributed by atoms with van der Waals surface area (Å²) in [6.45, 7) is 6.05. The van der Waals surface area contributed by atoms with Gasteiger partial charge in [0.2, 0.25) is 15.9 Å². The number of carbonyl (C=O) groups is 1. The zero-order valence-corrected chi connectivity index (χ0v) is 19.4. The Morgan fingerprint density at radius 1 is 1.17 bits per heavy atom. The molecule has 0 radical (unpaired) electrons. The van der Waals surface area contributed by atoms with Crippen LogP contribution in [0.4, 0.5) is 0 Å². The van der Waals surface area contributed by atoms with Gasteiger partial charge in [0.25, 0.3) is 0 Å². The van der Waals surface area contributed by atoms with E-state index in [9.17, 15) is 13.2 Å². The number of aryl methyl sites for hydroxylation is 1. The largest absolute Gasteiger partial charge is 0.351 e. The third-order valence-electron chi connectivity index (χ3n) is 4.48. The Kier molecular flexibility index (Phi) is 7.13. The number of nitrogens with zero attached hydrogens (tertiary/aromatic N) is 1. The average molecular weight is 466 g/mol. The van der Waals surface area contributed by atoms with Crippen molar-refractivity contribution in [1.29, 1.82) is 0 Å². The van der Waals surface area contributed by atoms with Crippen LogP contribution >= 0.6 is 22.9 Å². The minimum atomic E-state index is -3.87. The van der Waals surface area contributed by atoms with Gasteiger partial charge >= 0.3 is 0 Å². The van der Waals surface area contributed by atoms with E-state index in [1.807, 2.05) is 32.9 Å². The van der Waals surface area contributed by atoms with Crippen molar-refractivity contribution >= 4 is 49.1 Å². The van der Waals surface area contributed by atoms with E-state index >= 15 is 0 Å². The molecule has 9 heteroatoms. The zero-order valence-electron chi connectivity index (χ0n) is 17.0. The van der Waals surface area contributed by atoms with Gasteiger partial charge in [0, 0.05) is 11.6 Å². The summed E-state index contributed by atoms with van der Waals surface area (Å²) in [5, 5.41) is 4.30. The highest BCUT2D eigenvalue weighted by atomic mass is 35.5. The lowest BCUT2D eigenvalue weighted by molar-refractivity contribution is -0.123. The summed E-state index contributed by atoms with van der Waals surface area (Å²) in [4.78, 5) is 17.2. The number of amides is 1. The number of hydrogen-bond donors (Lipinski definition) is 2. The Morgan fingerprint density at radius 2 is 1.87 bits per heavy atom. The first-order valence-electron chi connectivity index (χ1n) is 9.56. The minimum absolute atomic E-state index is 0.123. The Morgan fingerprint density at radius 3 is 2.53 bits per heavy atom. The Bertz CT molecular complexity index is 1140. The van der Waals surface area contributed by atoms with E-state index in [2.05, 4.69) is 15.0 Å². The van der Waals surface area contributed by atoms with E-state index in [4.69, 9.17) is 11.6 Å². The maximum atomic E-state index is 13.0. The van der Waals surface area contributed by atoms with Gasteiger partial charge in [-0.1, -0.05) is 37.6 Å². The molecule has 1 amide bonds. The molecule has 0 aliphatic rings. The molecule has 0 saturated heterocycles. The van der Waals surface area contributed by atoms with Crippen LogP contribution < -0.4 is 10.0 Å². The number of hydrogen-bond acceptors (Lipinski definition) is 5. The maximum absolute atomic E-state index is 13.0. The number of fused-ring (bicyclic) bond motifs is 1. The summed E-state index contributed by atoms with van der Waals surface area (Å²) >= 11 is 7.32. The molecule has 160 valence electrons. The number of thiazole rings is 1. The smallest absolute Gasteiger partial charge is 0.241 e. The quantitative estimate of drug-likeness (QED) is 0.520. The van der Waals surface area contributed by atoms with Crippen molar-refractivity contribution in [2.75, 3.05) is 0 Å². The third kappa shape index (κ3) is 5.78. The van der Waals surface area contributed by atoms with Crippen LogP contribution in [-0.4, -0.2) is 25.4 Å². The Labute approximate surface area is 185 Å². The molecule has 0 unspecified atom stereocenters. The summed E-state index contributed by atoms with van der Waals surface area (Å²) < 4.78 is 29.3. The SMILES string of the molecule is Cc1nc2ccc(S(=O)(=O)N[C@@H](CC(C)C)C(=O)NCc3ccc(Cl)cc3)cc2s1. The summed E-state index contributed by atoms with van der Waals surface area (Å²) in [7, 11) is -3.87. The predicted octanol–water partition coefficient (Wildman–Crippen LogP) is 4.27. The fourth-order valence-electron chi connectivity index (χ4n) is 3.04. The topological polar surface area (TPSA) is 88.2 Å². The molecule has 30 heavy (non-hydrogen) atoms. The summed E-state index contributed by atoms with van der Waals surface area (Å²) in [5.41, 5.74) is 1.64. The number of nitrogens with one attached hydrogen (secondary N) is 2. The normalized spacial score (nSPS) is 13.0. The molecule has 0 fully saturated rings. The molecule has 1 aromatic heterocycles. The monoisotopic (exact) mass is 465 g/mol. The first-order chi connectivity index (χ1) is 14.1. The van der Waals surface area contributed by atoms with Crippen LogP contribution in [0.15, 0.2) is 47.4 Å². The molecule has 0 aliphatic carbocycles. The third-order valence-corrected chi connectivity index (χ3v) is 7.13. The van der Waals surface area contributed by atoms with Crippen LogP contribution in [0.1, 0.15) is 30.8 Å². The standard InChI is InChI=1S/C21H24ClN3O3S2/c1-13(2)10-19(21(26)23-12-15-4-6-16(22)7-5-15)25-30(27,28)17-8-9-18-20(11-17)29-14(3)24-18/h4-9,11,13,19,25H,10,12H2,1-3H3,(H,23,26)/t19-/m0/s1. The van der Waals surface area contributed by atoms with Crippen molar-refractivity contribution in [3.63, 3.8) is 0 Å². The molecule has 0 spiro atoms. The van der Waals surface area contributed by atoms with Gasteiger partial charge in [0.05, 0.1) is 20.1 Å². The lowest BCUT2D eigenvalue weighted by atomic mass is 10.0. The van der Waals surface area contributed by atoms with Crippen molar-refractivity contribution in [3.8, 4) is 0 Å². The number of rotatable bonds is 8. The summed E-state index contributed by atoms with van der Waals surface area (Å²) in [6.07, 6.45) is 0.383. The number of benzene rings is 2. The van der Waals surface area contributed by atoms with E-state index in [1.54, 1.807) is 24.3 Å². The molecular formula is C21H24ClN3O3S2. The first-order valence-corrected chi connectivity index (χ1v) is 12.2. The second kappa shape index (κ2) is 9.43. The number of carbonyl (C=O) groups excluding carboxylic acids is 1. The van der Waals surface area contributed by atoms with Gasteiger partial charge in [0.15, 0.2) is 0 Å². The Hall–Kier alpha value is -2.00. The molecule has 2 aromatic carbocycles. The molecule has 0 bridgehead atoms. The van der Waals surface area contributed by atoms with E-state index in [0.29, 0.717) is 18.0 Å². The molecule has 2 N–H and O–H groups in total. The van der Waals surface area contributed by atoms with Crippen LogP contribution in [0.2, 0.25) is 5.02 Å². The number of aromatic nitrogens is 1. The number of sulfonamides is 1. The molecule has 6 nitrogen and oxygen atoms in total. The second-order valence-corrected chi connectivity index (χ2v) is 10.9. The molecule has 3 rings (SSSR count). The van der Waals surface area contributed by atoms with Crippen molar-refractivity contribution in [2.24, 2.45) is 5.92 Å². The van der Waals surface area contributed by atoms with Crippen molar-refractivity contribution < 1.29 is 13.2 Å². The fourth-order valence-corrected chi connectivity index (χ4v) is 5.34. The average Bonchev–Trinajstić information content (AvgIpc) is 3.05. The van der Waals surface area contributed by atoms with Gasteiger partial charge < -0.3 is 5.32 Å². The molecule has 0 saturated carbocycles. The van der Waals surface area contributed by atoms with E-state index in [-0.39, 0.29) is 16.7 Å². The van der Waals surface area contributed by atoms with Crippen molar-refractivity contribution in [3.05, 3.63) is 58.1 Å². The molecule has 1 heterocycles. The van der Waals surface area contributed by atoms with Gasteiger partial charge in [-0.05, 0) is 55.2 Å². The Balaban J connectivity index is 1.76. The van der Waals surface area contributed by atoms with E-state index < -0.39 is 16.1 Å². The van der Waals surface area contributed by atoms with Gasteiger partial charge in [-0.2, -0.15) is 4.72 Å². The van der Waals surface area contributed by atoms with E-state index in [0.717, 1.165) is 20.8 Å². The van der Waals surface area contributed by atoms with E-state index in [1.165, 1.54) is 17.4 Å². The van der Waals surface area contributed by atoms with Gasteiger partial charge in [-0.15, -0.1) is 11.3 Å². The predicted molar refractivity (Wildman–Crippen MR) is 121 cm³/mol. The van der Waals surface area contributed by atoms with Crippen LogP contribution in [0, 0.1) is 12.8 Å². The first kappa shape index (κ1) is 22.7. The molecule has 1 atom stereocenters. The molecule has 3 aromatic rings. The van der Waals surface area contributed by atoms with Crippen LogP contribution in [-0.2, 0) is 21.4 Å². The van der Waals surface area contributed by atoms with Gasteiger partial charge in [-0.3, -0.25) is 4.79 Å². The fraction of sp³-hybridized carbons (Fsp3) is 0.333. The highest BCUT2D eigenvalue weighted by Gasteiger charge is 2.26. The van der Waals surface area contributed by atoms with Gasteiger partial charge in [0.1, 0.15) is 6.04 Å². The maximum Gasteiger partial charge on any atom is 0.241 e. The molecular weight excluding hydrogens is 442 g/mol. The van der Waals surface area contributed by atoms with Crippen molar-refractivity contribution in [1.82, 2.24) is 15.0 Å². The summed E-state index contributed by atoms with van der Waals surface area (Å²) in [5.74, 6) is -0.234. The molecule has 0 aliphatic heterocycles. The highest BCUT2D eigenvalue weighted by Crippen LogP contribution is 2.25. The van der Waals surface area contributed by atoms with Gasteiger partial charge in [-0.25, -0.2) is 13.4 Å². The second-order valence-electron chi connectivity index (χ2n) is 7.51.